The molecule has 8 heavy (non-hydrogen) atoms. The summed E-state index contributed by atoms with van der Waals surface area (Å²) in [6, 6.07) is 0.515. The third-order valence-electron chi connectivity index (χ3n) is 1.42. The van der Waals surface area contributed by atoms with Crippen molar-refractivity contribution in [1.29, 1.82) is 0 Å². The molecular formula is C6H10ClN. The molecule has 0 saturated carbocycles. The Morgan fingerprint density at radius 1 is 1.50 bits per heavy atom. The SMILES string of the molecule is ClN[C@H]1CC=CCC1. The lowest BCUT2D eigenvalue weighted by Gasteiger charge is -2.13. The Labute approximate surface area is 54.8 Å². The summed E-state index contributed by atoms with van der Waals surface area (Å²) in [6.45, 7) is 0. The molecule has 1 aliphatic rings. The van der Waals surface area contributed by atoms with Gasteiger partial charge in [0.1, 0.15) is 0 Å². The second-order valence-corrected chi connectivity index (χ2v) is 2.31. The molecule has 1 atom stereocenters. The standard InChI is InChI=1S/C6H10ClN/c7-8-6-4-2-1-3-5-6/h1-2,6,8H,3-5H2/t6-/m0/s1. The van der Waals surface area contributed by atoms with E-state index in [-0.39, 0.29) is 0 Å². The van der Waals surface area contributed by atoms with E-state index in [2.05, 4.69) is 17.0 Å². The molecule has 1 rings (SSSR count). The van der Waals surface area contributed by atoms with E-state index in [1.807, 2.05) is 0 Å². The quantitative estimate of drug-likeness (QED) is 0.423. The maximum atomic E-state index is 5.40. The normalized spacial score (nSPS) is 28.4. The summed E-state index contributed by atoms with van der Waals surface area (Å²) in [7, 11) is 0. The van der Waals surface area contributed by atoms with Crippen LogP contribution in [0.25, 0.3) is 0 Å². The van der Waals surface area contributed by atoms with Crippen molar-refractivity contribution in [1.82, 2.24) is 4.84 Å². The zero-order valence-corrected chi connectivity index (χ0v) is 5.49. The van der Waals surface area contributed by atoms with Gasteiger partial charge in [-0.1, -0.05) is 12.2 Å². The molecule has 0 aromatic rings. The van der Waals surface area contributed by atoms with E-state index in [4.69, 9.17) is 11.8 Å². The van der Waals surface area contributed by atoms with Crippen molar-refractivity contribution in [3.63, 3.8) is 0 Å². The molecule has 0 heterocycles. The minimum Gasteiger partial charge on any atom is -0.230 e. The number of allylic oxidation sites excluding steroid dienone is 1. The minimum atomic E-state index is 0.515. The first-order valence-electron chi connectivity index (χ1n) is 2.94. The van der Waals surface area contributed by atoms with Gasteiger partial charge in [0.05, 0.1) is 0 Å². The predicted octanol–water partition coefficient (Wildman–Crippen LogP) is 1.84. The van der Waals surface area contributed by atoms with Gasteiger partial charge in [-0.05, 0) is 31.0 Å². The van der Waals surface area contributed by atoms with E-state index in [0.29, 0.717) is 6.04 Å². The Morgan fingerprint density at radius 3 is 2.75 bits per heavy atom. The van der Waals surface area contributed by atoms with Gasteiger partial charge in [0.2, 0.25) is 0 Å². The second kappa shape index (κ2) is 3.10. The van der Waals surface area contributed by atoms with Crippen LogP contribution in [0.15, 0.2) is 12.2 Å². The van der Waals surface area contributed by atoms with Crippen LogP contribution in [0.4, 0.5) is 0 Å². The van der Waals surface area contributed by atoms with Crippen LogP contribution in [-0.2, 0) is 0 Å². The molecule has 0 unspecified atom stereocenters. The molecule has 0 amide bonds. The fourth-order valence-electron chi connectivity index (χ4n) is 0.893. The third kappa shape index (κ3) is 1.49. The largest absolute Gasteiger partial charge is 0.230 e. The van der Waals surface area contributed by atoms with Crippen LogP contribution < -0.4 is 4.84 Å². The van der Waals surface area contributed by atoms with Crippen LogP contribution in [0.1, 0.15) is 19.3 Å². The Balaban J connectivity index is 2.27. The van der Waals surface area contributed by atoms with Crippen LogP contribution in [0, 0.1) is 0 Å². The summed E-state index contributed by atoms with van der Waals surface area (Å²) >= 11 is 5.40. The van der Waals surface area contributed by atoms with Crippen molar-refractivity contribution in [2.45, 2.75) is 25.3 Å². The Hall–Kier alpha value is -0.0100. The van der Waals surface area contributed by atoms with Gasteiger partial charge in [-0.15, -0.1) is 0 Å². The average molecular weight is 132 g/mol. The molecule has 1 nitrogen and oxygen atoms in total. The molecule has 2 heteroatoms. The molecule has 0 bridgehead atoms. The molecule has 0 radical (unpaired) electrons. The van der Waals surface area contributed by atoms with E-state index in [9.17, 15) is 0 Å². The molecule has 1 N–H and O–H groups in total. The van der Waals surface area contributed by atoms with Crippen molar-refractivity contribution in [2.75, 3.05) is 0 Å². The topological polar surface area (TPSA) is 12.0 Å². The van der Waals surface area contributed by atoms with Crippen molar-refractivity contribution in [2.24, 2.45) is 0 Å². The Morgan fingerprint density at radius 2 is 2.38 bits per heavy atom. The first-order chi connectivity index (χ1) is 3.93. The Bertz CT molecular complexity index is 90.5. The van der Waals surface area contributed by atoms with Gasteiger partial charge in [-0.25, -0.2) is 4.84 Å². The summed E-state index contributed by atoms with van der Waals surface area (Å²) in [6.07, 6.45) is 7.81. The zero-order chi connectivity index (χ0) is 5.82. The molecular weight excluding hydrogens is 122 g/mol. The van der Waals surface area contributed by atoms with Crippen molar-refractivity contribution < 1.29 is 0 Å². The van der Waals surface area contributed by atoms with Crippen molar-refractivity contribution in [3.8, 4) is 0 Å². The van der Waals surface area contributed by atoms with Gasteiger partial charge in [0, 0.05) is 6.04 Å². The lowest BCUT2D eigenvalue weighted by molar-refractivity contribution is 0.567. The van der Waals surface area contributed by atoms with Crippen LogP contribution in [0.3, 0.4) is 0 Å². The molecule has 0 saturated heterocycles. The number of halogens is 1. The van der Waals surface area contributed by atoms with Crippen LogP contribution in [0.2, 0.25) is 0 Å². The van der Waals surface area contributed by atoms with Gasteiger partial charge >= 0.3 is 0 Å². The zero-order valence-electron chi connectivity index (χ0n) is 4.73. The Kier molecular flexibility index (Phi) is 2.37. The van der Waals surface area contributed by atoms with Crippen LogP contribution in [0.5, 0.6) is 0 Å². The van der Waals surface area contributed by atoms with Gasteiger partial charge < -0.3 is 0 Å². The minimum absolute atomic E-state index is 0.515. The van der Waals surface area contributed by atoms with Gasteiger partial charge in [0.25, 0.3) is 0 Å². The van der Waals surface area contributed by atoms with E-state index in [0.717, 1.165) is 6.42 Å². The summed E-state index contributed by atoms with van der Waals surface area (Å²) in [5.74, 6) is 0. The lowest BCUT2D eigenvalue weighted by atomic mass is 10.0. The number of nitrogens with one attached hydrogen (secondary N) is 1. The number of rotatable bonds is 1. The first-order valence-corrected chi connectivity index (χ1v) is 3.32. The smallest absolute Gasteiger partial charge is 0.0258 e. The molecule has 1 aliphatic carbocycles. The van der Waals surface area contributed by atoms with Crippen molar-refractivity contribution in [3.05, 3.63) is 12.2 Å². The number of hydrogen-bond donors (Lipinski definition) is 1. The summed E-state index contributed by atoms with van der Waals surface area (Å²) in [4.78, 5) is 2.72. The highest BCUT2D eigenvalue weighted by Gasteiger charge is 2.05. The molecule has 0 spiro atoms. The molecule has 0 aliphatic heterocycles. The van der Waals surface area contributed by atoms with Crippen LogP contribution >= 0.6 is 11.8 Å². The van der Waals surface area contributed by atoms with E-state index in [1.54, 1.807) is 0 Å². The molecule has 0 aromatic heterocycles. The van der Waals surface area contributed by atoms with E-state index in [1.165, 1.54) is 12.8 Å². The summed E-state index contributed by atoms with van der Waals surface area (Å²) in [5.41, 5.74) is 0. The van der Waals surface area contributed by atoms with Gasteiger partial charge in [-0.3, -0.25) is 0 Å². The molecule has 46 valence electrons. The fraction of sp³-hybridized carbons (Fsp3) is 0.667. The fourth-order valence-corrected chi connectivity index (χ4v) is 1.09. The van der Waals surface area contributed by atoms with Gasteiger partial charge in [0.15, 0.2) is 0 Å². The first kappa shape index (κ1) is 6.12. The highest BCUT2D eigenvalue weighted by molar-refractivity contribution is 6.13. The maximum Gasteiger partial charge on any atom is 0.0258 e. The summed E-state index contributed by atoms with van der Waals surface area (Å²) < 4.78 is 0. The predicted molar refractivity (Wildman–Crippen MR) is 35.8 cm³/mol. The average Bonchev–Trinajstić information content (AvgIpc) is 1.90. The highest BCUT2D eigenvalue weighted by atomic mass is 35.5. The summed E-state index contributed by atoms with van der Waals surface area (Å²) in [5, 5.41) is 0. The number of hydrogen-bond acceptors (Lipinski definition) is 1. The van der Waals surface area contributed by atoms with Crippen LogP contribution in [-0.4, -0.2) is 6.04 Å². The maximum absolute atomic E-state index is 5.40. The highest BCUT2D eigenvalue weighted by Crippen LogP contribution is 2.10. The molecule has 0 aromatic carbocycles. The monoisotopic (exact) mass is 131 g/mol. The van der Waals surface area contributed by atoms with Gasteiger partial charge in [-0.2, -0.15) is 0 Å². The second-order valence-electron chi connectivity index (χ2n) is 2.09. The third-order valence-corrected chi connectivity index (χ3v) is 1.73. The van der Waals surface area contributed by atoms with E-state index < -0.39 is 0 Å². The van der Waals surface area contributed by atoms with E-state index >= 15 is 0 Å². The lowest BCUT2D eigenvalue weighted by Crippen LogP contribution is -2.20. The van der Waals surface area contributed by atoms with Crippen molar-refractivity contribution >= 4 is 11.8 Å². The molecule has 0 fully saturated rings.